The van der Waals surface area contributed by atoms with Gasteiger partial charge >= 0.3 is 0 Å². The molecule has 0 spiro atoms. The molecule has 1 heterocycles. The molecule has 0 aliphatic carbocycles. The van der Waals surface area contributed by atoms with Crippen molar-refractivity contribution in [3.63, 3.8) is 0 Å². The summed E-state index contributed by atoms with van der Waals surface area (Å²) in [4.78, 5) is 1.38. The lowest BCUT2D eigenvalue weighted by Crippen LogP contribution is -2.25. The maximum atomic E-state index is 10.3. The quantitative estimate of drug-likeness (QED) is 0.603. The van der Waals surface area contributed by atoms with E-state index in [0.717, 1.165) is 5.56 Å². The Morgan fingerprint density at radius 2 is 1.75 bits per heavy atom. The van der Waals surface area contributed by atoms with Gasteiger partial charge in [0, 0.05) is 6.42 Å². The Bertz CT molecular complexity index is 890. The molecule has 0 aliphatic heterocycles. The van der Waals surface area contributed by atoms with Crippen molar-refractivity contribution in [1.82, 2.24) is 20.2 Å². The molecule has 8 nitrogen and oxygen atoms in total. The van der Waals surface area contributed by atoms with Crippen LogP contribution in [0.25, 0.3) is 0 Å². The third-order valence-corrected chi connectivity index (χ3v) is 4.28. The molecule has 0 radical (unpaired) electrons. The zero-order valence-corrected chi connectivity index (χ0v) is 16.2. The summed E-state index contributed by atoms with van der Waals surface area (Å²) in [6.07, 6.45) is -0.229. The maximum Gasteiger partial charge on any atom is 0.203 e. The molecular weight excluding hydrogens is 360 g/mol. The van der Waals surface area contributed by atoms with E-state index in [0.29, 0.717) is 29.5 Å². The summed E-state index contributed by atoms with van der Waals surface area (Å²) in [5.41, 5.74) is 2.33. The first kappa shape index (κ1) is 19.6. The predicted octanol–water partition coefficient (Wildman–Crippen LogP) is 2.03. The fraction of sp³-hybridized carbons (Fsp3) is 0.350. The standard InChI is InChI=1S/C20H24N4O4/c1-14-7-4-5-8-15(14)11-19-21-23-24(22-19)12-16(25)13-28-20-17(26-2)9-6-10-18(20)27-3/h4-10,16,25H,11-13H2,1-3H3. The van der Waals surface area contributed by atoms with Crippen LogP contribution in [0.15, 0.2) is 42.5 Å². The number of aliphatic hydroxyl groups excluding tert-OH is 1. The summed E-state index contributed by atoms with van der Waals surface area (Å²) < 4.78 is 16.3. The van der Waals surface area contributed by atoms with Crippen molar-refractivity contribution in [1.29, 1.82) is 0 Å². The number of tetrazole rings is 1. The molecule has 0 fully saturated rings. The molecule has 1 aromatic heterocycles. The highest BCUT2D eigenvalue weighted by molar-refractivity contribution is 5.51. The highest BCUT2D eigenvalue weighted by atomic mass is 16.5. The van der Waals surface area contributed by atoms with Crippen LogP contribution in [0.5, 0.6) is 17.2 Å². The lowest BCUT2D eigenvalue weighted by molar-refractivity contribution is 0.0821. The Morgan fingerprint density at radius 3 is 2.43 bits per heavy atom. The van der Waals surface area contributed by atoms with Crippen LogP contribution in [0.3, 0.4) is 0 Å². The van der Waals surface area contributed by atoms with Crippen molar-refractivity contribution >= 4 is 0 Å². The van der Waals surface area contributed by atoms with Crippen molar-refractivity contribution < 1.29 is 19.3 Å². The molecule has 0 aliphatic rings. The van der Waals surface area contributed by atoms with E-state index in [1.165, 1.54) is 10.4 Å². The topological polar surface area (TPSA) is 91.5 Å². The SMILES string of the molecule is COc1cccc(OC)c1OCC(O)Cn1nnc(Cc2ccccc2C)n1. The largest absolute Gasteiger partial charge is 0.493 e. The molecule has 8 heteroatoms. The number of para-hydroxylation sites is 1. The third-order valence-electron chi connectivity index (χ3n) is 4.28. The van der Waals surface area contributed by atoms with Gasteiger partial charge in [0.1, 0.15) is 12.7 Å². The molecule has 3 aromatic rings. The van der Waals surface area contributed by atoms with Gasteiger partial charge in [0.15, 0.2) is 17.3 Å². The molecule has 2 aromatic carbocycles. The average Bonchev–Trinajstić information content (AvgIpc) is 3.14. The van der Waals surface area contributed by atoms with Crippen LogP contribution in [-0.2, 0) is 13.0 Å². The van der Waals surface area contributed by atoms with Crippen LogP contribution in [0.4, 0.5) is 0 Å². The molecule has 3 rings (SSSR count). The van der Waals surface area contributed by atoms with Gasteiger partial charge in [-0.25, -0.2) is 0 Å². The Hall–Kier alpha value is -3.13. The van der Waals surface area contributed by atoms with Crippen molar-refractivity contribution in [3.05, 3.63) is 59.4 Å². The van der Waals surface area contributed by atoms with E-state index in [1.54, 1.807) is 32.4 Å². The molecule has 0 bridgehead atoms. The number of methoxy groups -OCH3 is 2. The van der Waals surface area contributed by atoms with Crippen LogP contribution < -0.4 is 14.2 Å². The highest BCUT2D eigenvalue weighted by Gasteiger charge is 2.15. The number of hydrogen-bond donors (Lipinski definition) is 1. The molecule has 0 saturated heterocycles. The van der Waals surface area contributed by atoms with Gasteiger partial charge in [-0.1, -0.05) is 30.3 Å². The Labute approximate surface area is 163 Å². The monoisotopic (exact) mass is 384 g/mol. The lowest BCUT2D eigenvalue weighted by Gasteiger charge is -2.16. The summed E-state index contributed by atoms with van der Waals surface area (Å²) in [5, 5.41) is 22.7. The van der Waals surface area contributed by atoms with Crippen LogP contribution >= 0.6 is 0 Å². The smallest absolute Gasteiger partial charge is 0.203 e. The van der Waals surface area contributed by atoms with Gasteiger partial charge in [-0.15, -0.1) is 10.2 Å². The van der Waals surface area contributed by atoms with E-state index in [-0.39, 0.29) is 13.2 Å². The Kier molecular flexibility index (Phi) is 6.44. The van der Waals surface area contributed by atoms with Crippen molar-refractivity contribution in [2.24, 2.45) is 0 Å². The molecule has 0 saturated carbocycles. The summed E-state index contributed by atoms with van der Waals surface area (Å²) in [7, 11) is 3.10. The molecule has 28 heavy (non-hydrogen) atoms. The van der Waals surface area contributed by atoms with Crippen molar-refractivity contribution in [2.75, 3.05) is 20.8 Å². The summed E-state index contributed by atoms with van der Waals surface area (Å²) in [5.74, 6) is 2.11. The van der Waals surface area contributed by atoms with Crippen LogP contribution in [-0.4, -0.2) is 52.2 Å². The van der Waals surface area contributed by atoms with Gasteiger partial charge in [0.05, 0.1) is 20.8 Å². The second-order valence-corrected chi connectivity index (χ2v) is 6.32. The van der Waals surface area contributed by atoms with Gasteiger partial charge in [-0.2, -0.15) is 4.80 Å². The number of ether oxygens (including phenoxy) is 3. The lowest BCUT2D eigenvalue weighted by atomic mass is 10.1. The number of rotatable bonds is 9. The predicted molar refractivity (Wildman–Crippen MR) is 103 cm³/mol. The van der Waals surface area contributed by atoms with Crippen LogP contribution in [0.2, 0.25) is 0 Å². The van der Waals surface area contributed by atoms with E-state index in [4.69, 9.17) is 14.2 Å². The van der Waals surface area contributed by atoms with E-state index in [9.17, 15) is 5.11 Å². The minimum atomic E-state index is -0.824. The summed E-state index contributed by atoms with van der Waals surface area (Å²) in [6.45, 7) is 2.25. The number of aliphatic hydroxyl groups is 1. The summed E-state index contributed by atoms with van der Waals surface area (Å²) >= 11 is 0. The second-order valence-electron chi connectivity index (χ2n) is 6.32. The summed E-state index contributed by atoms with van der Waals surface area (Å²) in [6, 6.07) is 13.4. The normalized spacial score (nSPS) is 11.9. The Balaban J connectivity index is 1.58. The van der Waals surface area contributed by atoms with E-state index in [1.807, 2.05) is 31.2 Å². The molecule has 1 N–H and O–H groups in total. The molecule has 148 valence electrons. The fourth-order valence-corrected chi connectivity index (χ4v) is 2.78. The van der Waals surface area contributed by atoms with Crippen LogP contribution in [0.1, 0.15) is 17.0 Å². The number of hydrogen-bond acceptors (Lipinski definition) is 7. The maximum absolute atomic E-state index is 10.3. The number of benzene rings is 2. The first-order valence-corrected chi connectivity index (χ1v) is 8.93. The first-order chi connectivity index (χ1) is 13.6. The molecule has 1 unspecified atom stereocenters. The zero-order chi connectivity index (χ0) is 19.9. The Morgan fingerprint density at radius 1 is 1.04 bits per heavy atom. The number of aromatic nitrogens is 4. The van der Waals surface area contributed by atoms with Gasteiger partial charge in [-0.3, -0.25) is 0 Å². The van der Waals surface area contributed by atoms with Gasteiger partial charge in [0.25, 0.3) is 0 Å². The van der Waals surface area contributed by atoms with Gasteiger partial charge in [-0.05, 0) is 35.4 Å². The molecule has 0 amide bonds. The van der Waals surface area contributed by atoms with Crippen molar-refractivity contribution in [2.45, 2.75) is 26.0 Å². The fourth-order valence-electron chi connectivity index (χ4n) is 2.78. The highest BCUT2D eigenvalue weighted by Crippen LogP contribution is 2.36. The minimum Gasteiger partial charge on any atom is -0.493 e. The number of nitrogens with zero attached hydrogens (tertiary/aromatic N) is 4. The van der Waals surface area contributed by atoms with Crippen molar-refractivity contribution in [3.8, 4) is 17.2 Å². The van der Waals surface area contributed by atoms with Gasteiger partial charge < -0.3 is 19.3 Å². The van der Waals surface area contributed by atoms with E-state index < -0.39 is 6.10 Å². The molecule has 1 atom stereocenters. The second kappa shape index (κ2) is 9.18. The average molecular weight is 384 g/mol. The number of aryl methyl sites for hydroxylation is 1. The van der Waals surface area contributed by atoms with E-state index >= 15 is 0 Å². The zero-order valence-electron chi connectivity index (χ0n) is 16.2. The van der Waals surface area contributed by atoms with Crippen LogP contribution in [0, 0.1) is 6.92 Å². The van der Waals surface area contributed by atoms with E-state index in [2.05, 4.69) is 15.4 Å². The first-order valence-electron chi connectivity index (χ1n) is 8.93. The molecular formula is C20H24N4O4. The third kappa shape index (κ3) is 4.77. The minimum absolute atomic E-state index is 0.0331. The van der Waals surface area contributed by atoms with Gasteiger partial charge in [0.2, 0.25) is 5.75 Å².